The van der Waals surface area contributed by atoms with Gasteiger partial charge in [0.05, 0.1) is 33.4 Å². The number of rotatable bonds is 4. The molecule has 0 N–H and O–H groups in total. The summed E-state index contributed by atoms with van der Waals surface area (Å²) >= 11 is 0. The van der Waals surface area contributed by atoms with Gasteiger partial charge in [-0.1, -0.05) is 158 Å². The van der Waals surface area contributed by atoms with Gasteiger partial charge in [-0.15, -0.1) is 0 Å². The van der Waals surface area contributed by atoms with Crippen LogP contribution in [-0.4, -0.2) is 18.3 Å². The van der Waals surface area contributed by atoms with Gasteiger partial charge in [-0.2, -0.15) is 0 Å². The van der Waals surface area contributed by atoms with Crippen molar-refractivity contribution in [2.45, 2.75) is 0 Å². The van der Waals surface area contributed by atoms with E-state index in [0.29, 0.717) is 0 Å². The fraction of sp³-hybridized carbons (Fsp3) is 0. The minimum absolute atomic E-state index is 1.09. The third-order valence-electron chi connectivity index (χ3n) is 15.7. The number of hydrogen-bond acceptors (Lipinski definition) is 0. The zero-order valence-corrected chi connectivity index (χ0v) is 40.2. The van der Waals surface area contributed by atoms with E-state index in [1.54, 1.807) is 0 Å². The second kappa shape index (κ2) is 15.8. The zero-order chi connectivity index (χ0) is 48.4. The Kier molecular flexibility index (Phi) is 8.71. The number of benzene rings is 13. The highest BCUT2D eigenvalue weighted by atomic mass is 15.0. The van der Waals surface area contributed by atoms with Crippen molar-refractivity contribution in [3.05, 3.63) is 267 Å². The summed E-state index contributed by atoms with van der Waals surface area (Å²) in [6.07, 6.45) is 0. The van der Waals surface area contributed by atoms with Crippen LogP contribution < -0.4 is 0 Å². The summed E-state index contributed by atoms with van der Waals surface area (Å²) in [5.74, 6) is 0. The Labute approximate surface area is 425 Å². The molecule has 0 atom stereocenters. The fourth-order valence-corrected chi connectivity index (χ4v) is 12.4. The average Bonchev–Trinajstić information content (AvgIpc) is 3.97. The van der Waals surface area contributed by atoms with Gasteiger partial charge in [-0.05, 0) is 152 Å². The van der Waals surface area contributed by atoms with Crippen LogP contribution in [0.2, 0.25) is 0 Å². The highest BCUT2D eigenvalue weighted by Gasteiger charge is 2.18. The van der Waals surface area contributed by atoms with E-state index < -0.39 is 0 Å². The van der Waals surface area contributed by atoms with E-state index in [-0.39, 0.29) is 0 Å². The van der Waals surface area contributed by atoms with Crippen molar-refractivity contribution in [1.29, 1.82) is 0 Å². The maximum atomic E-state index is 2.45. The molecule has 3 heterocycles. The van der Waals surface area contributed by atoms with Crippen LogP contribution in [0.5, 0.6) is 0 Å². The molecule has 4 nitrogen and oxygen atoms in total. The van der Waals surface area contributed by atoms with Crippen LogP contribution in [0.15, 0.2) is 267 Å². The van der Waals surface area contributed by atoms with E-state index in [4.69, 9.17) is 0 Å². The number of fused-ring (bicyclic) bond motifs is 15. The first-order chi connectivity index (χ1) is 36.7. The molecule has 8 bridgehead atoms. The molecule has 0 aliphatic heterocycles. The molecular formula is C70H44N4. The maximum Gasteiger partial charge on any atom is 0.0542 e. The molecule has 74 heavy (non-hydrogen) atoms. The summed E-state index contributed by atoms with van der Waals surface area (Å²) in [4.78, 5) is 0. The molecule has 0 saturated heterocycles. The predicted molar refractivity (Wildman–Crippen MR) is 314 cm³/mol. The minimum Gasteiger partial charge on any atom is -0.310 e. The molecule has 16 rings (SSSR count). The highest BCUT2D eigenvalue weighted by Crippen LogP contribution is 2.40. The Hall–Kier alpha value is -9.90. The van der Waals surface area contributed by atoms with Crippen molar-refractivity contribution in [2.24, 2.45) is 0 Å². The van der Waals surface area contributed by atoms with Crippen LogP contribution in [0, 0.1) is 0 Å². The third-order valence-corrected chi connectivity index (χ3v) is 15.7. The molecule has 0 saturated carbocycles. The number of nitrogens with zero attached hydrogens (tertiary/aromatic N) is 4. The molecule has 16 aromatic rings. The van der Waals surface area contributed by atoms with Crippen LogP contribution in [0.25, 0.3) is 142 Å². The first kappa shape index (κ1) is 40.8. The quantitative estimate of drug-likeness (QED) is 0.157. The van der Waals surface area contributed by atoms with Gasteiger partial charge in [0.25, 0.3) is 0 Å². The topological polar surface area (TPSA) is 19.7 Å². The Balaban J connectivity index is 0.967. The summed E-state index contributed by atoms with van der Waals surface area (Å²) in [5.41, 5.74) is 13.7. The Morgan fingerprint density at radius 3 is 1.01 bits per heavy atom. The van der Waals surface area contributed by atoms with Crippen molar-refractivity contribution < 1.29 is 0 Å². The Morgan fingerprint density at radius 1 is 0.176 bits per heavy atom. The van der Waals surface area contributed by atoms with E-state index in [2.05, 4.69) is 285 Å². The Bertz CT molecular complexity index is 4770. The smallest absolute Gasteiger partial charge is 0.0542 e. The van der Waals surface area contributed by atoms with Crippen LogP contribution in [0.1, 0.15) is 0 Å². The van der Waals surface area contributed by atoms with Gasteiger partial charge in [0.15, 0.2) is 0 Å². The van der Waals surface area contributed by atoms with E-state index in [0.717, 1.165) is 44.2 Å². The summed E-state index contributed by atoms with van der Waals surface area (Å²) in [6.45, 7) is 0. The largest absolute Gasteiger partial charge is 0.310 e. The molecule has 4 heteroatoms. The van der Waals surface area contributed by atoms with E-state index in [1.165, 1.54) is 98.1 Å². The molecular weight excluding hydrogens is 897 g/mol. The average molecular weight is 941 g/mol. The second-order valence-electron chi connectivity index (χ2n) is 19.8. The predicted octanol–water partition coefficient (Wildman–Crippen LogP) is 18.7. The summed E-state index contributed by atoms with van der Waals surface area (Å²) < 4.78 is 9.78. The van der Waals surface area contributed by atoms with Gasteiger partial charge in [0, 0.05) is 65.8 Å². The van der Waals surface area contributed by atoms with Crippen molar-refractivity contribution in [3.63, 3.8) is 0 Å². The molecule has 0 aliphatic carbocycles. The summed E-state index contributed by atoms with van der Waals surface area (Å²) in [5, 5.41) is 16.9. The van der Waals surface area contributed by atoms with Crippen LogP contribution in [-0.2, 0) is 0 Å². The maximum absolute atomic E-state index is 2.45. The molecule has 0 fully saturated rings. The Morgan fingerprint density at radius 2 is 0.527 bits per heavy atom. The number of para-hydroxylation sites is 2. The zero-order valence-electron chi connectivity index (χ0n) is 40.2. The normalized spacial score (nSPS) is 12.1. The lowest BCUT2D eigenvalue weighted by atomic mass is 10.0. The standard InChI is InChI=1S/C70H44N4/c1-3-21-57-45(13-1)15-11-27-65(57)73-67-25-7-5-23-59(67)63-43-55(35-37-69(63)73)71-51-19-9-17-49(39-51)50-18-10-20-52(40-50)72(54-34-32-48-30-29-47-31-33-53(71)41-61(47)62(48)42-54)56-36-38-70-64(44-56)60-24-6-8-26-68(60)74(70)66-28-12-16-46-14-2-4-22-58(46)66/h1-44H. The van der Waals surface area contributed by atoms with Crippen LogP contribution in [0.4, 0.5) is 0 Å². The van der Waals surface area contributed by atoms with E-state index in [1.807, 2.05) is 0 Å². The van der Waals surface area contributed by atoms with Crippen molar-refractivity contribution in [3.8, 4) is 22.7 Å². The van der Waals surface area contributed by atoms with Gasteiger partial charge in [0.2, 0.25) is 0 Å². The van der Waals surface area contributed by atoms with E-state index in [9.17, 15) is 0 Å². The first-order valence-electron chi connectivity index (χ1n) is 25.5. The molecule has 0 aliphatic rings. The van der Waals surface area contributed by atoms with Crippen molar-refractivity contribution >= 4 is 120 Å². The third kappa shape index (κ3) is 6.09. The summed E-state index contributed by atoms with van der Waals surface area (Å²) in [6, 6.07) is 99.0. The molecule has 0 amide bonds. The number of hydrogen-bond donors (Lipinski definition) is 0. The van der Waals surface area contributed by atoms with Crippen molar-refractivity contribution in [1.82, 2.24) is 18.3 Å². The van der Waals surface area contributed by atoms with Crippen molar-refractivity contribution in [2.75, 3.05) is 0 Å². The fourth-order valence-electron chi connectivity index (χ4n) is 12.4. The molecule has 0 radical (unpaired) electrons. The van der Waals surface area contributed by atoms with Gasteiger partial charge < -0.3 is 18.3 Å². The molecule has 13 aromatic carbocycles. The SMILES string of the molecule is c1ccc2c(-n3c4ccccc4c4cc(-n5c6cccc(c6)c6cccc(c6)n(-c6ccc7c(c6)c6ccccc6n7-c6cccc7ccccc67)c6ccc7ccc8ccc5cc8c7c6)ccc43)cccc2c1. The molecule has 344 valence electrons. The lowest BCUT2D eigenvalue weighted by Crippen LogP contribution is -1.99. The lowest BCUT2D eigenvalue weighted by Gasteiger charge is -2.16. The van der Waals surface area contributed by atoms with Crippen LogP contribution >= 0.6 is 0 Å². The molecule has 0 spiro atoms. The van der Waals surface area contributed by atoms with Gasteiger partial charge in [-0.25, -0.2) is 0 Å². The van der Waals surface area contributed by atoms with Crippen LogP contribution in [0.3, 0.4) is 0 Å². The van der Waals surface area contributed by atoms with Gasteiger partial charge in [-0.3, -0.25) is 0 Å². The van der Waals surface area contributed by atoms with Gasteiger partial charge >= 0.3 is 0 Å². The monoisotopic (exact) mass is 940 g/mol. The molecule has 0 unspecified atom stereocenters. The highest BCUT2D eigenvalue weighted by molar-refractivity contribution is 6.14. The summed E-state index contributed by atoms with van der Waals surface area (Å²) in [7, 11) is 0. The van der Waals surface area contributed by atoms with Gasteiger partial charge in [0.1, 0.15) is 0 Å². The number of aromatic nitrogens is 4. The minimum atomic E-state index is 1.09. The first-order valence-corrected chi connectivity index (χ1v) is 25.5. The second-order valence-corrected chi connectivity index (χ2v) is 19.8. The van der Waals surface area contributed by atoms with E-state index >= 15 is 0 Å². The molecule has 3 aromatic heterocycles. The lowest BCUT2D eigenvalue weighted by molar-refractivity contribution is 1.16.